The molecule has 0 bridgehead atoms. The minimum absolute atomic E-state index is 0.0108. The monoisotopic (exact) mass is 492 g/mol. The largest absolute Gasteiger partial charge is 0.491 e. The summed E-state index contributed by atoms with van der Waals surface area (Å²) in [6.07, 6.45) is 7.74. The lowest BCUT2D eigenvalue weighted by Gasteiger charge is -2.37. The number of fused-ring (bicyclic) bond motifs is 2. The lowest BCUT2D eigenvalue weighted by molar-refractivity contribution is 0.0628. The Bertz CT molecular complexity index is 1350. The summed E-state index contributed by atoms with van der Waals surface area (Å²) in [6.45, 7) is 8.86. The molecule has 10 heteroatoms. The first-order chi connectivity index (χ1) is 17.5. The molecule has 0 aliphatic carbocycles. The normalized spacial score (nSPS) is 17.8. The third-order valence-corrected chi connectivity index (χ3v) is 7.45. The van der Waals surface area contributed by atoms with Crippen LogP contribution in [0.1, 0.15) is 71.3 Å². The fourth-order valence-electron chi connectivity index (χ4n) is 5.25. The van der Waals surface area contributed by atoms with Gasteiger partial charge >= 0.3 is 5.69 Å². The van der Waals surface area contributed by atoms with Crippen molar-refractivity contribution in [3.05, 3.63) is 40.6 Å². The molecule has 2 unspecified atom stereocenters. The van der Waals surface area contributed by atoms with E-state index in [4.69, 9.17) is 4.74 Å². The molecular weight excluding hydrogens is 456 g/mol. The van der Waals surface area contributed by atoms with Crippen molar-refractivity contribution < 1.29 is 4.74 Å². The molecule has 192 valence electrons. The van der Waals surface area contributed by atoms with Gasteiger partial charge in [0.1, 0.15) is 11.9 Å². The van der Waals surface area contributed by atoms with E-state index >= 15 is 0 Å². The van der Waals surface area contributed by atoms with E-state index in [9.17, 15) is 4.79 Å². The van der Waals surface area contributed by atoms with Crippen molar-refractivity contribution in [1.82, 2.24) is 40.1 Å². The highest BCUT2D eigenvalue weighted by Crippen LogP contribution is 2.29. The number of benzene rings is 1. The van der Waals surface area contributed by atoms with E-state index in [1.54, 1.807) is 0 Å². The van der Waals surface area contributed by atoms with E-state index in [2.05, 4.69) is 60.8 Å². The zero-order chi connectivity index (χ0) is 25.1. The van der Waals surface area contributed by atoms with Gasteiger partial charge < -0.3 is 9.72 Å². The molecule has 4 heterocycles. The Morgan fingerprint density at radius 2 is 2.03 bits per heavy atom. The fraction of sp³-hybridized carbons (Fsp3) is 0.577. The highest BCUT2D eigenvalue weighted by Gasteiger charge is 2.28. The van der Waals surface area contributed by atoms with Crippen LogP contribution in [0.2, 0.25) is 0 Å². The summed E-state index contributed by atoms with van der Waals surface area (Å²) in [5.41, 5.74) is 1.80. The minimum Gasteiger partial charge on any atom is -0.491 e. The Kier molecular flexibility index (Phi) is 7.31. The van der Waals surface area contributed by atoms with Gasteiger partial charge in [0, 0.05) is 24.9 Å². The second-order valence-electron chi connectivity index (χ2n) is 9.98. The number of aryl methyl sites for hydroxylation is 1. The first-order valence-electron chi connectivity index (χ1n) is 13.2. The molecule has 2 N–H and O–H groups in total. The zero-order valence-electron chi connectivity index (χ0n) is 21.4. The maximum Gasteiger partial charge on any atom is 0.325 e. The van der Waals surface area contributed by atoms with Gasteiger partial charge in [-0.1, -0.05) is 26.7 Å². The molecule has 5 rings (SSSR count). The van der Waals surface area contributed by atoms with Crippen LogP contribution in [-0.4, -0.2) is 59.3 Å². The Morgan fingerprint density at radius 3 is 2.86 bits per heavy atom. The average Bonchev–Trinajstić information content (AvgIpc) is 3.49. The Hall–Kier alpha value is -3.27. The minimum atomic E-state index is -0.257. The predicted molar refractivity (Wildman–Crippen MR) is 139 cm³/mol. The maximum atomic E-state index is 11.6. The lowest BCUT2D eigenvalue weighted by Crippen LogP contribution is -2.40. The number of likely N-dealkylation sites (tertiary alicyclic amines) is 1. The van der Waals surface area contributed by atoms with Crippen LogP contribution in [0, 0.1) is 5.92 Å². The Balaban J connectivity index is 1.24. The number of hydrogen-bond donors (Lipinski definition) is 2. The van der Waals surface area contributed by atoms with E-state index in [0.29, 0.717) is 17.1 Å². The SMILES string of the molecule is CCC(CC)CN1CCCCC1n1nnnc1CCC(C)Oc1ccc2nc3[nH]c(=O)[nH]c3cc2c1. The van der Waals surface area contributed by atoms with E-state index in [-0.39, 0.29) is 18.0 Å². The van der Waals surface area contributed by atoms with Gasteiger partial charge in [-0.25, -0.2) is 14.5 Å². The van der Waals surface area contributed by atoms with Gasteiger partial charge in [0.25, 0.3) is 0 Å². The quantitative estimate of drug-likeness (QED) is 0.340. The summed E-state index contributed by atoms with van der Waals surface area (Å²) in [5.74, 6) is 2.41. The second kappa shape index (κ2) is 10.8. The fourth-order valence-corrected chi connectivity index (χ4v) is 5.25. The van der Waals surface area contributed by atoms with Crippen molar-refractivity contribution in [2.75, 3.05) is 13.1 Å². The Labute approximate surface area is 210 Å². The average molecular weight is 493 g/mol. The van der Waals surface area contributed by atoms with Crippen LogP contribution < -0.4 is 10.4 Å². The number of hydrogen-bond acceptors (Lipinski definition) is 7. The number of imidazole rings is 1. The van der Waals surface area contributed by atoms with Gasteiger partial charge in [0.15, 0.2) is 11.5 Å². The number of H-pyrrole nitrogens is 2. The predicted octanol–water partition coefficient (Wildman–Crippen LogP) is 4.21. The van der Waals surface area contributed by atoms with Gasteiger partial charge in [0.2, 0.25) is 0 Å². The van der Waals surface area contributed by atoms with E-state index in [1.807, 2.05) is 24.3 Å². The number of tetrazole rings is 1. The van der Waals surface area contributed by atoms with Crippen molar-refractivity contribution in [3.8, 4) is 5.75 Å². The van der Waals surface area contributed by atoms with Gasteiger partial charge in [-0.3, -0.25) is 9.88 Å². The Morgan fingerprint density at radius 1 is 1.17 bits per heavy atom. The molecule has 3 aromatic heterocycles. The second-order valence-corrected chi connectivity index (χ2v) is 9.98. The lowest BCUT2D eigenvalue weighted by atomic mass is 10.00. The summed E-state index contributed by atoms with van der Waals surface area (Å²) >= 11 is 0. The topological polar surface area (TPSA) is 118 Å². The molecule has 1 saturated heterocycles. The number of rotatable bonds is 10. The molecule has 1 aliphatic rings. The molecule has 4 aromatic rings. The molecule has 0 amide bonds. The smallest absolute Gasteiger partial charge is 0.325 e. The summed E-state index contributed by atoms with van der Waals surface area (Å²) in [4.78, 5) is 24.1. The molecule has 2 atom stereocenters. The van der Waals surface area contributed by atoms with Gasteiger partial charge in [-0.05, 0) is 73.2 Å². The van der Waals surface area contributed by atoms with E-state index in [0.717, 1.165) is 54.8 Å². The molecule has 0 spiro atoms. The van der Waals surface area contributed by atoms with Crippen LogP contribution in [-0.2, 0) is 6.42 Å². The zero-order valence-corrected chi connectivity index (χ0v) is 21.4. The molecule has 10 nitrogen and oxygen atoms in total. The third-order valence-electron chi connectivity index (χ3n) is 7.45. The molecule has 36 heavy (non-hydrogen) atoms. The van der Waals surface area contributed by atoms with Gasteiger partial charge in [0.05, 0.1) is 17.1 Å². The van der Waals surface area contributed by atoms with Crippen LogP contribution in [0.4, 0.5) is 0 Å². The standard InChI is InChI=1S/C26H36N8O2/c1-4-18(5-2)16-33-13-7-6-8-24(33)34-23(30-31-32-34)12-9-17(3)36-20-10-11-21-19(14-20)15-22-25(27-21)29-26(35)28-22/h10-11,14-15,17-18,24H,4-9,12-13,16H2,1-3H3,(H2,27,28,29,35). The first-order valence-corrected chi connectivity index (χ1v) is 13.2. The summed E-state index contributed by atoms with van der Waals surface area (Å²) in [7, 11) is 0. The molecule has 0 radical (unpaired) electrons. The highest BCUT2D eigenvalue weighted by molar-refractivity contribution is 5.89. The number of nitrogens with one attached hydrogen (secondary N) is 2. The number of aromatic nitrogens is 7. The molecule has 1 aromatic carbocycles. The maximum absolute atomic E-state index is 11.6. The molecule has 1 fully saturated rings. The van der Waals surface area contributed by atoms with Crippen molar-refractivity contribution in [1.29, 1.82) is 0 Å². The van der Waals surface area contributed by atoms with Crippen molar-refractivity contribution in [3.63, 3.8) is 0 Å². The van der Waals surface area contributed by atoms with E-state index < -0.39 is 0 Å². The van der Waals surface area contributed by atoms with Crippen molar-refractivity contribution in [2.24, 2.45) is 5.92 Å². The third kappa shape index (κ3) is 5.28. The van der Waals surface area contributed by atoms with Crippen LogP contribution in [0.3, 0.4) is 0 Å². The summed E-state index contributed by atoms with van der Waals surface area (Å²) in [6, 6.07) is 7.72. The van der Waals surface area contributed by atoms with Crippen LogP contribution >= 0.6 is 0 Å². The first kappa shape index (κ1) is 24.4. The van der Waals surface area contributed by atoms with Crippen LogP contribution in [0.15, 0.2) is 29.1 Å². The number of nitrogens with zero attached hydrogens (tertiary/aromatic N) is 6. The van der Waals surface area contributed by atoms with Gasteiger partial charge in [-0.2, -0.15) is 0 Å². The van der Waals surface area contributed by atoms with Crippen LogP contribution in [0.5, 0.6) is 5.75 Å². The molecular formula is C26H36N8O2. The summed E-state index contributed by atoms with van der Waals surface area (Å²) < 4.78 is 8.28. The van der Waals surface area contributed by atoms with E-state index in [1.165, 1.54) is 25.7 Å². The van der Waals surface area contributed by atoms with Crippen molar-refractivity contribution in [2.45, 2.75) is 78.0 Å². The van der Waals surface area contributed by atoms with Crippen LogP contribution in [0.25, 0.3) is 22.1 Å². The molecule has 1 aliphatic heterocycles. The number of ether oxygens (including phenoxy) is 1. The highest BCUT2D eigenvalue weighted by atomic mass is 16.5. The number of piperidine rings is 1. The summed E-state index contributed by atoms with van der Waals surface area (Å²) in [5, 5.41) is 13.7. The number of aromatic amines is 2. The van der Waals surface area contributed by atoms with Gasteiger partial charge in [-0.15, -0.1) is 5.10 Å². The molecule has 0 saturated carbocycles. The number of pyridine rings is 1. The van der Waals surface area contributed by atoms with Crippen molar-refractivity contribution >= 4 is 22.1 Å².